The molecule has 6 heteroatoms. The van der Waals surface area contributed by atoms with Crippen LogP contribution in [0.5, 0.6) is 11.5 Å². The highest BCUT2D eigenvalue weighted by Crippen LogP contribution is 2.34. The highest BCUT2D eigenvalue weighted by Gasteiger charge is 2.30. The standard InChI is InChI=1S/C23H28N2O3S/c1-27-21-13-17-9-11-24(15-18(17)14-22(21)28-2)19-5-3-10-25(16-19)23(26)8-7-20-6-4-12-29-20/h4,6-8,12-14,19H,3,5,9-11,15-16H2,1-2H3/b8-7+. The van der Waals surface area contributed by atoms with Gasteiger partial charge in [-0.1, -0.05) is 6.07 Å². The van der Waals surface area contributed by atoms with Crippen LogP contribution in [0.4, 0.5) is 0 Å². The molecule has 154 valence electrons. The number of amides is 1. The zero-order chi connectivity index (χ0) is 20.2. The largest absolute Gasteiger partial charge is 0.493 e. The summed E-state index contributed by atoms with van der Waals surface area (Å²) in [6.45, 7) is 3.56. The van der Waals surface area contributed by atoms with Crippen molar-refractivity contribution in [3.8, 4) is 11.5 Å². The summed E-state index contributed by atoms with van der Waals surface area (Å²) in [5.41, 5.74) is 2.64. The van der Waals surface area contributed by atoms with E-state index >= 15 is 0 Å². The lowest BCUT2D eigenvalue weighted by atomic mass is 9.95. The van der Waals surface area contributed by atoms with Gasteiger partial charge in [0.1, 0.15) is 0 Å². The summed E-state index contributed by atoms with van der Waals surface area (Å²) >= 11 is 1.65. The fourth-order valence-electron chi connectivity index (χ4n) is 4.31. The number of thiophene rings is 1. The van der Waals surface area contributed by atoms with E-state index in [1.165, 1.54) is 11.1 Å². The molecule has 29 heavy (non-hydrogen) atoms. The fraction of sp³-hybridized carbons (Fsp3) is 0.435. The van der Waals surface area contributed by atoms with Crippen LogP contribution in [0.1, 0.15) is 28.8 Å². The third-order valence-electron chi connectivity index (χ3n) is 5.91. The molecule has 0 aliphatic carbocycles. The Balaban J connectivity index is 1.42. The van der Waals surface area contributed by atoms with Gasteiger partial charge in [0, 0.05) is 43.2 Å². The van der Waals surface area contributed by atoms with E-state index in [1.54, 1.807) is 31.6 Å². The number of hydrogen-bond acceptors (Lipinski definition) is 5. The predicted molar refractivity (Wildman–Crippen MR) is 117 cm³/mol. The van der Waals surface area contributed by atoms with Crippen molar-refractivity contribution >= 4 is 23.3 Å². The van der Waals surface area contributed by atoms with Gasteiger partial charge in [-0.25, -0.2) is 0 Å². The van der Waals surface area contributed by atoms with Crippen molar-refractivity contribution in [1.82, 2.24) is 9.80 Å². The van der Waals surface area contributed by atoms with Gasteiger partial charge in [0.15, 0.2) is 11.5 Å². The second kappa shape index (κ2) is 9.01. The number of hydrogen-bond donors (Lipinski definition) is 0. The van der Waals surface area contributed by atoms with E-state index in [-0.39, 0.29) is 5.91 Å². The molecule has 0 saturated carbocycles. The number of ether oxygens (including phenoxy) is 2. The van der Waals surface area contributed by atoms with E-state index in [2.05, 4.69) is 17.0 Å². The van der Waals surface area contributed by atoms with Crippen LogP contribution in [0.2, 0.25) is 0 Å². The minimum atomic E-state index is 0.118. The molecule has 0 spiro atoms. The van der Waals surface area contributed by atoms with Crippen LogP contribution in [-0.4, -0.2) is 55.6 Å². The van der Waals surface area contributed by atoms with Crippen LogP contribution in [0.25, 0.3) is 6.08 Å². The molecule has 1 saturated heterocycles. The second-order valence-corrected chi connectivity index (χ2v) is 8.60. The molecule has 1 amide bonds. The van der Waals surface area contributed by atoms with Gasteiger partial charge < -0.3 is 14.4 Å². The average molecular weight is 413 g/mol. The smallest absolute Gasteiger partial charge is 0.246 e. The number of fused-ring (bicyclic) bond motifs is 1. The monoisotopic (exact) mass is 412 g/mol. The Morgan fingerprint density at radius 3 is 2.69 bits per heavy atom. The van der Waals surface area contributed by atoms with Crippen molar-refractivity contribution in [3.63, 3.8) is 0 Å². The molecule has 0 bridgehead atoms. The minimum absolute atomic E-state index is 0.118. The Labute approximate surface area is 176 Å². The van der Waals surface area contributed by atoms with Crippen LogP contribution in [-0.2, 0) is 17.8 Å². The van der Waals surface area contributed by atoms with Gasteiger partial charge >= 0.3 is 0 Å². The predicted octanol–water partition coefficient (Wildman–Crippen LogP) is 3.83. The lowest BCUT2D eigenvalue weighted by molar-refractivity contribution is -0.128. The molecular weight excluding hydrogens is 384 g/mol. The van der Waals surface area contributed by atoms with Gasteiger partial charge in [0.2, 0.25) is 5.91 Å². The molecule has 0 radical (unpaired) electrons. The average Bonchev–Trinajstić information content (AvgIpc) is 3.29. The van der Waals surface area contributed by atoms with Gasteiger partial charge in [0.05, 0.1) is 14.2 Å². The van der Waals surface area contributed by atoms with Crippen molar-refractivity contribution in [2.24, 2.45) is 0 Å². The van der Waals surface area contributed by atoms with Crippen LogP contribution >= 0.6 is 11.3 Å². The summed E-state index contributed by atoms with van der Waals surface area (Å²) in [5.74, 6) is 1.70. The molecule has 4 rings (SSSR count). The lowest BCUT2D eigenvalue weighted by Gasteiger charge is -2.41. The fourth-order valence-corrected chi connectivity index (χ4v) is 4.93. The van der Waals surface area contributed by atoms with E-state index in [4.69, 9.17) is 9.47 Å². The highest BCUT2D eigenvalue weighted by atomic mass is 32.1. The zero-order valence-corrected chi connectivity index (χ0v) is 17.9. The van der Waals surface area contributed by atoms with E-state index in [0.717, 1.165) is 61.8 Å². The van der Waals surface area contributed by atoms with Gasteiger partial charge in [0.25, 0.3) is 0 Å². The Morgan fingerprint density at radius 2 is 1.97 bits per heavy atom. The topological polar surface area (TPSA) is 42.0 Å². The first-order valence-electron chi connectivity index (χ1n) is 10.2. The second-order valence-electron chi connectivity index (χ2n) is 7.63. The Kier molecular flexibility index (Phi) is 6.21. The summed E-state index contributed by atoms with van der Waals surface area (Å²) in [6, 6.07) is 8.66. The van der Waals surface area contributed by atoms with Crippen LogP contribution in [0.3, 0.4) is 0 Å². The van der Waals surface area contributed by atoms with Crippen LogP contribution in [0, 0.1) is 0 Å². The number of likely N-dealkylation sites (tertiary alicyclic amines) is 1. The Hall–Kier alpha value is -2.31. The number of rotatable bonds is 5. The molecule has 1 fully saturated rings. The number of carbonyl (C=O) groups excluding carboxylic acids is 1. The van der Waals surface area contributed by atoms with Gasteiger partial charge in [-0.2, -0.15) is 0 Å². The first-order valence-corrected chi connectivity index (χ1v) is 11.0. The quantitative estimate of drug-likeness (QED) is 0.700. The highest BCUT2D eigenvalue weighted by molar-refractivity contribution is 7.10. The number of carbonyl (C=O) groups is 1. The molecular formula is C23H28N2O3S. The molecule has 1 aromatic carbocycles. The minimum Gasteiger partial charge on any atom is -0.493 e. The van der Waals surface area contributed by atoms with E-state index in [1.807, 2.05) is 28.5 Å². The zero-order valence-electron chi connectivity index (χ0n) is 17.1. The molecule has 0 N–H and O–H groups in total. The lowest BCUT2D eigenvalue weighted by Crippen LogP contribution is -2.50. The summed E-state index contributed by atoms with van der Waals surface area (Å²) in [5, 5.41) is 2.03. The molecule has 2 aliphatic heterocycles. The molecule has 2 aliphatic rings. The molecule has 1 aromatic heterocycles. The molecule has 5 nitrogen and oxygen atoms in total. The summed E-state index contributed by atoms with van der Waals surface area (Å²) in [4.78, 5) is 18.3. The molecule has 1 atom stereocenters. The third kappa shape index (κ3) is 4.49. The van der Waals surface area contributed by atoms with E-state index in [9.17, 15) is 4.79 Å². The molecule has 1 unspecified atom stereocenters. The van der Waals surface area contributed by atoms with Crippen molar-refractivity contribution in [3.05, 3.63) is 51.7 Å². The van der Waals surface area contributed by atoms with Gasteiger partial charge in [-0.05, 0) is 60.0 Å². The molecule has 3 heterocycles. The van der Waals surface area contributed by atoms with E-state index in [0.29, 0.717) is 6.04 Å². The number of piperidine rings is 1. The van der Waals surface area contributed by atoms with Gasteiger partial charge in [-0.3, -0.25) is 9.69 Å². The van der Waals surface area contributed by atoms with Crippen molar-refractivity contribution in [2.75, 3.05) is 33.9 Å². The Bertz CT molecular complexity index is 878. The van der Waals surface area contributed by atoms with Crippen molar-refractivity contribution < 1.29 is 14.3 Å². The summed E-state index contributed by atoms with van der Waals surface area (Å²) < 4.78 is 10.9. The summed E-state index contributed by atoms with van der Waals surface area (Å²) in [6.07, 6.45) is 6.84. The molecule has 2 aromatic rings. The number of methoxy groups -OCH3 is 2. The van der Waals surface area contributed by atoms with Crippen LogP contribution < -0.4 is 9.47 Å². The maximum Gasteiger partial charge on any atom is 0.246 e. The number of benzene rings is 1. The third-order valence-corrected chi connectivity index (χ3v) is 6.74. The number of nitrogens with zero attached hydrogens (tertiary/aromatic N) is 2. The van der Waals surface area contributed by atoms with Crippen molar-refractivity contribution in [1.29, 1.82) is 0 Å². The van der Waals surface area contributed by atoms with E-state index < -0.39 is 0 Å². The first kappa shape index (κ1) is 20.0. The first-order chi connectivity index (χ1) is 14.2. The summed E-state index contributed by atoms with van der Waals surface area (Å²) in [7, 11) is 3.36. The van der Waals surface area contributed by atoms with Crippen LogP contribution in [0.15, 0.2) is 35.7 Å². The van der Waals surface area contributed by atoms with Crippen molar-refractivity contribution in [2.45, 2.75) is 31.8 Å². The SMILES string of the molecule is COc1cc2c(cc1OC)CN(C1CCCN(C(=O)/C=C/c3cccs3)C1)CC2. The maximum atomic E-state index is 12.7. The maximum absolute atomic E-state index is 12.7. The Morgan fingerprint density at radius 1 is 1.17 bits per heavy atom. The normalized spacial score (nSPS) is 19.9. The van der Waals surface area contributed by atoms with Gasteiger partial charge in [-0.15, -0.1) is 11.3 Å².